The van der Waals surface area contributed by atoms with Gasteiger partial charge in [0, 0.05) is 26.0 Å². The quantitative estimate of drug-likeness (QED) is 0.170. The highest BCUT2D eigenvalue weighted by Crippen LogP contribution is 2.54. The molecule has 11 heteroatoms. The molecule has 11 nitrogen and oxygen atoms in total. The zero-order valence-electron chi connectivity index (χ0n) is 15.8. The van der Waals surface area contributed by atoms with Gasteiger partial charge in [0.05, 0.1) is 28.6 Å². The van der Waals surface area contributed by atoms with Crippen molar-refractivity contribution in [2.45, 2.75) is 31.8 Å². The molecule has 0 radical (unpaired) electrons. The SMILES string of the molecule is CC(=O)OC(OC(C)=O)[C@]12C=C[C@@H](O1)[C@@H]1C(=O)N(c3cccc([N+](=O)[O-])c3)C(=O)[C@@H]12. The predicted molar refractivity (Wildman–Crippen MR) is 96.6 cm³/mol. The fourth-order valence-electron chi connectivity index (χ4n) is 4.22. The van der Waals surface area contributed by atoms with E-state index in [1.54, 1.807) is 6.08 Å². The Balaban J connectivity index is 1.75. The highest BCUT2D eigenvalue weighted by Gasteiger charge is 2.72. The van der Waals surface area contributed by atoms with Crippen LogP contribution in [0.15, 0.2) is 36.4 Å². The molecule has 0 spiro atoms. The Bertz CT molecular complexity index is 1000. The number of hydrogen-bond acceptors (Lipinski definition) is 9. The zero-order valence-corrected chi connectivity index (χ0v) is 15.8. The molecule has 156 valence electrons. The molecule has 0 saturated carbocycles. The minimum absolute atomic E-state index is 0.0414. The number of carbonyl (C=O) groups is 4. The van der Waals surface area contributed by atoms with E-state index < -0.39 is 58.5 Å². The number of hydrogen-bond donors (Lipinski definition) is 0. The van der Waals surface area contributed by atoms with Crippen molar-refractivity contribution in [1.29, 1.82) is 0 Å². The average molecular weight is 416 g/mol. The summed E-state index contributed by atoms with van der Waals surface area (Å²) in [6.07, 6.45) is 0.621. The first kappa shape index (κ1) is 19.7. The van der Waals surface area contributed by atoms with Crippen LogP contribution in [0.25, 0.3) is 0 Å². The van der Waals surface area contributed by atoms with Crippen LogP contribution >= 0.6 is 0 Å². The lowest BCUT2D eigenvalue weighted by atomic mass is 9.76. The number of nitro benzene ring substituents is 1. The maximum atomic E-state index is 13.3. The number of carbonyl (C=O) groups excluding carboxylic acids is 4. The Labute approximate surface area is 169 Å². The van der Waals surface area contributed by atoms with Crippen LogP contribution in [-0.4, -0.2) is 46.7 Å². The lowest BCUT2D eigenvalue weighted by molar-refractivity contribution is -0.384. The molecule has 3 aliphatic rings. The third-order valence-corrected chi connectivity index (χ3v) is 5.29. The first-order valence-electron chi connectivity index (χ1n) is 8.99. The van der Waals surface area contributed by atoms with Gasteiger partial charge in [-0.25, -0.2) is 4.90 Å². The lowest BCUT2D eigenvalue weighted by Gasteiger charge is -2.34. The van der Waals surface area contributed by atoms with Crippen LogP contribution in [0.5, 0.6) is 0 Å². The van der Waals surface area contributed by atoms with E-state index >= 15 is 0 Å². The standard InChI is InChI=1S/C19H16N2O9/c1-9(22)28-18(29-10(2)23)19-7-6-13(30-19)14-15(19)17(25)20(16(14)24)11-4-3-5-12(8-11)21(26)27/h3-8,13-15,18H,1-2H3/t13-,14+,15-,19-/m1/s1. The number of rotatable bonds is 5. The number of fused-ring (bicyclic) bond motifs is 5. The second-order valence-corrected chi connectivity index (χ2v) is 7.14. The van der Waals surface area contributed by atoms with E-state index in [1.165, 1.54) is 24.3 Å². The van der Waals surface area contributed by atoms with E-state index in [0.717, 1.165) is 24.8 Å². The molecule has 4 atom stereocenters. The molecule has 1 aromatic carbocycles. The number of imide groups is 1. The molecule has 3 heterocycles. The summed E-state index contributed by atoms with van der Waals surface area (Å²) in [5.41, 5.74) is -1.91. The van der Waals surface area contributed by atoms with Crippen LogP contribution in [-0.2, 0) is 33.4 Å². The van der Waals surface area contributed by atoms with Gasteiger partial charge in [0.2, 0.25) is 11.8 Å². The Kier molecular flexibility index (Phi) is 4.42. The number of amides is 2. The number of esters is 2. The van der Waals surface area contributed by atoms with E-state index in [4.69, 9.17) is 14.2 Å². The molecule has 1 aromatic rings. The van der Waals surface area contributed by atoms with Crippen molar-refractivity contribution in [2.75, 3.05) is 4.90 Å². The molecule has 0 aliphatic carbocycles. The Morgan fingerprint density at radius 2 is 1.87 bits per heavy atom. The second-order valence-electron chi connectivity index (χ2n) is 7.14. The van der Waals surface area contributed by atoms with E-state index in [9.17, 15) is 29.3 Å². The van der Waals surface area contributed by atoms with E-state index in [0.29, 0.717) is 0 Å². The number of nitro groups is 1. The van der Waals surface area contributed by atoms with Gasteiger partial charge in [-0.15, -0.1) is 0 Å². The monoisotopic (exact) mass is 416 g/mol. The second kappa shape index (κ2) is 6.73. The first-order chi connectivity index (χ1) is 14.2. The number of anilines is 1. The fourth-order valence-corrected chi connectivity index (χ4v) is 4.22. The molecule has 2 amide bonds. The summed E-state index contributed by atoms with van der Waals surface area (Å²) in [6, 6.07) is 5.13. The largest absolute Gasteiger partial charge is 0.422 e. The molecular weight excluding hydrogens is 400 g/mol. The Morgan fingerprint density at radius 1 is 1.20 bits per heavy atom. The van der Waals surface area contributed by atoms with E-state index in [-0.39, 0.29) is 11.4 Å². The van der Waals surface area contributed by atoms with Crippen molar-refractivity contribution in [1.82, 2.24) is 0 Å². The van der Waals surface area contributed by atoms with Crippen molar-refractivity contribution >= 4 is 35.1 Å². The zero-order chi connectivity index (χ0) is 21.8. The van der Waals surface area contributed by atoms with Crippen LogP contribution in [0.4, 0.5) is 11.4 Å². The molecule has 30 heavy (non-hydrogen) atoms. The summed E-state index contributed by atoms with van der Waals surface area (Å²) in [7, 11) is 0. The van der Waals surface area contributed by atoms with Crippen molar-refractivity contribution in [3.05, 3.63) is 46.5 Å². The average Bonchev–Trinajstić information content (AvgIpc) is 3.32. The maximum Gasteiger partial charge on any atom is 0.305 e. The van der Waals surface area contributed by atoms with E-state index in [2.05, 4.69) is 0 Å². The molecule has 0 unspecified atom stereocenters. The van der Waals surface area contributed by atoms with Crippen LogP contribution in [0.3, 0.4) is 0 Å². The van der Waals surface area contributed by atoms with Crippen LogP contribution in [0.2, 0.25) is 0 Å². The number of nitrogens with zero attached hydrogens (tertiary/aromatic N) is 2. The van der Waals surface area contributed by atoms with Gasteiger partial charge in [-0.1, -0.05) is 12.1 Å². The summed E-state index contributed by atoms with van der Waals surface area (Å²) < 4.78 is 16.1. The summed E-state index contributed by atoms with van der Waals surface area (Å²) in [5, 5.41) is 11.1. The van der Waals surface area contributed by atoms with Gasteiger partial charge >= 0.3 is 11.9 Å². The smallest absolute Gasteiger partial charge is 0.305 e. The highest BCUT2D eigenvalue weighted by atomic mass is 16.7. The number of non-ortho nitro benzene ring substituents is 1. The van der Waals surface area contributed by atoms with Crippen molar-refractivity contribution in [3.63, 3.8) is 0 Å². The van der Waals surface area contributed by atoms with Gasteiger partial charge in [0.15, 0.2) is 5.60 Å². The molecular formula is C19H16N2O9. The third kappa shape index (κ3) is 2.77. The van der Waals surface area contributed by atoms with Crippen molar-refractivity contribution in [2.24, 2.45) is 11.8 Å². The van der Waals surface area contributed by atoms with Gasteiger partial charge < -0.3 is 14.2 Å². The molecule has 2 bridgehead atoms. The minimum Gasteiger partial charge on any atom is -0.422 e. The van der Waals surface area contributed by atoms with Crippen LogP contribution in [0, 0.1) is 22.0 Å². The summed E-state index contributed by atoms with van der Waals surface area (Å²) in [6.45, 7) is 2.21. The fraction of sp³-hybridized carbons (Fsp3) is 0.368. The summed E-state index contributed by atoms with van der Waals surface area (Å²) in [4.78, 5) is 60.8. The normalized spacial score (nSPS) is 28.8. The number of ether oxygens (including phenoxy) is 3. The molecule has 0 N–H and O–H groups in total. The van der Waals surface area contributed by atoms with E-state index in [1.807, 2.05) is 0 Å². The molecule has 4 rings (SSSR count). The summed E-state index contributed by atoms with van der Waals surface area (Å²) >= 11 is 0. The molecule has 2 fully saturated rings. The first-order valence-corrected chi connectivity index (χ1v) is 8.99. The van der Waals surface area contributed by atoms with Gasteiger partial charge in [0.1, 0.15) is 0 Å². The van der Waals surface area contributed by atoms with Crippen molar-refractivity contribution < 1.29 is 38.3 Å². The Hall–Kier alpha value is -3.60. The van der Waals surface area contributed by atoms with Gasteiger partial charge in [-0.2, -0.15) is 0 Å². The van der Waals surface area contributed by atoms with Gasteiger partial charge in [-0.05, 0) is 12.1 Å². The molecule has 0 aromatic heterocycles. The lowest BCUT2D eigenvalue weighted by Crippen LogP contribution is -2.52. The topological polar surface area (TPSA) is 142 Å². The molecule has 3 aliphatic heterocycles. The maximum absolute atomic E-state index is 13.3. The van der Waals surface area contributed by atoms with Gasteiger partial charge in [-0.3, -0.25) is 29.3 Å². The van der Waals surface area contributed by atoms with Crippen molar-refractivity contribution in [3.8, 4) is 0 Å². The van der Waals surface area contributed by atoms with Crippen LogP contribution < -0.4 is 4.90 Å². The third-order valence-electron chi connectivity index (χ3n) is 5.29. The summed E-state index contributed by atoms with van der Waals surface area (Å²) in [5.74, 6) is -4.93. The van der Waals surface area contributed by atoms with Gasteiger partial charge in [0.25, 0.3) is 12.0 Å². The highest BCUT2D eigenvalue weighted by molar-refractivity contribution is 6.23. The number of benzene rings is 1. The Morgan fingerprint density at radius 3 is 2.47 bits per heavy atom. The minimum atomic E-state index is -1.67. The predicted octanol–water partition coefficient (Wildman–Crippen LogP) is 0.860. The molecule has 2 saturated heterocycles. The van der Waals surface area contributed by atoms with Crippen LogP contribution in [0.1, 0.15) is 13.8 Å².